The molecule has 1 fully saturated rings. The van der Waals surface area contributed by atoms with Gasteiger partial charge in [0, 0.05) is 0 Å². The third kappa shape index (κ3) is 7.99. The van der Waals surface area contributed by atoms with E-state index in [1.165, 1.54) is 0 Å². The molecule has 1 aliphatic rings. The third-order valence-electron chi connectivity index (χ3n) is 8.83. The van der Waals surface area contributed by atoms with E-state index in [1.807, 2.05) is 127 Å². The first-order chi connectivity index (χ1) is 25.4. The molecule has 1 unspecified atom stereocenters. The Bertz CT molecular complexity index is 2120. The average molecular weight is 707 g/mol. The number of carbonyl (C=O) groups is 3. The molecule has 4 atom stereocenters. The number of aliphatic hydroxyl groups is 1. The second kappa shape index (κ2) is 15.9. The van der Waals surface area contributed by atoms with Crippen LogP contribution >= 0.6 is 11.8 Å². The zero-order chi connectivity index (χ0) is 35.9. The van der Waals surface area contributed by atoms with Crippen LogP contribution in [0.2, 0.25) is 0 Å². The molecule has 258 valence electrons. The van der Waals surface area contributed by atoms with Crippen LogP contribution in [0.15, 0.2) is 164 Å². The number of aliphatic hydroxyl groups excluding tert-OH is 1. The second-order valence-electron chi connectivity index (χ2n) is 12.2. The van der Waals surface area contributed by atoms with Gasteiger partial charge in [0.25, 0.3) is 0 Å². The van der Waals surface area contributed by atoms with Crippen LogP contribution in [-0.2, 0) is 14.2 Å². The maximum absolute atomic E-state index is 13.5. The molecule has 6 aromatic carbocycles. The van der Waals surface area contributed by atoms with Crippen molar-refractivity contribution in [3.8, 4) is 33.4 Å². The van der Waals surface area contributed by atoms with E-state index >= 15 is 0 Å². The summed E-state index contributed by atoms with van der Waals surface area (Å²) in [6, 6.07) is 50.3. The van der Waals surface area contributed by atoms with E-state index in [1.54, 1.807) is 36.4 Å². The average Bonchev–Trinajstić information content (AvgIpc) is 3.50. The lowest BCUT2D eigenvalue weighted by Gasteiger charge is -2.24. The highest BCUT2D eigenvalue weighted by Gasteiger charge is 2.49. The van der Waals surface area contributed by atoms with E-state index in [0.29, 0.717) is 5.56 Å². The molecule has 6 aromatic rings. The van der Waals surface area contributed by atoms with E-state index in [4.69, 9.17) is 14.2 Å². The van der Waals surface area contributed by atoms with Crippen molar-refractivity contribution < 1.29 is 33.7 Å². The number of esters is 3. The van der Waals surface area contributed by atoms with Crippen LogP contribution in [0.5, 0.6) is 0 Å². The van der Waals surface area contributed by atoms with Gasteiger partial charge in [0.1, 0.15) is 12.0 Å². The Hall–Kier alpha value is -5.96. The van der Waals surface area contributed by atoms with Gasteiger partial charge >= 0.3 is 17.9 Å². The summed E-state index contributed by atoms with van der Waals surface area (Å²) in [4.78, 5) is 40.0. The first-order valence-electron chi connectivity index (χ1n) is 16.8. The fraction of sp³-hybridized carbons (Fsp3) is 0.114. The minimum absolute atomic E-state index is 0.203. The summed E-state index contributed by atoms with van der Waals surface area (Å²) in [6.45, 7) is -0.203. The number of ether oxygens (including phenoxy) is 3. The molecule has 0 spiro atoms. The number of hydrogen-bond acceptors (Lipinski definition) is 8. The Labute approximate surface area is 305 Å². The second-order valence-corrected chi connectivity index (χ2v) is 13.6. The van der Waals surface area contributed by atoms with Crippen molar-refractivity contribution in [1.29, 1.82) is 0 Å². The molecule has 0 amide bonds. The summed E-state index contributed by atoms with van der Waals surface area (Å²) in [5.41, 5.74) is 5.47. The van der Waals surface area contributed by atoms with Crippen molar-refractivity contribution >= 4 is 29.7 Å². The van der Waals surface area contributed by atoms with Gasteiger partial charge in [0.15, 0.2) is 12.2 Å². The maximum atomic E-state index is 13.5. The van der Waals surface area contributed by atoms with Gasteiger partial charge < -0.3 is 19.3 Å². The Morgan fingerprint density at radius 3 is 1.15 bits per heavy atom. The van der Waals surface area contributed by atoms with Gasteiger partial charge in [-0.25, -0.2) is 14.4 Å². The Morgan fingerprint density at radius 1 is 0.442 bits per heavy atom. The molecule has 7 rings (SSSR count). The van der Waals surface area contributed by atoms with E-state index in [0.717, 1.165) is 45.1 Å². The van der Waals surface area contributed by atoms with E-state index in [2.05, 4.69) is 0 Å². The first kappa shape index (κ1) is 34.5. The van der Waals surface area contributed by atoms with E-state index in [9.17, 15) is 19.5 Å². The van der Waals surface area contributed by atoms with E-state index < -0.39 is 40.8 Å². The monoisotopic (exact) mass is 706 g/mol. The molecule has 1 saturated heterocycles. The van der Waals surface area contributed by atoms with Crippen molar-refractivity contribution in [2.45, 2.75) is 22.9 Å². The summed E-state index contributed by atoms with van der Waals surface area (Å²) < 4.78 is 17.5. The normalized spacial score (nSPS) is 17.9. The fourth-order valence-corrected chi connectivity index (χ4v) is 7.26. The minimum Gasteiger partial charge on any atom is -0.461 e. The van der Waals surface area contributed by atoms with Crippen LogP contribution in [0, 0.1) is 0 Å². The van der Waals surface area contributed by atoms with Crippen LogP contribution in [0.4, 0.5) is 0 Å². The number of carbonyl (C=O) groups excluding carboxylic acids is 3. The van der Waals surface area contributed by atoms with Crippen LogP contribution in [0.3, 0.4) is 0 Å². The quantitative estimate of drug-likeness (QED) is 0.112. The Kier molecular flexibility index (Phi) is 10.6. The third-order valence-corrected chi connectivity index (χ3v) is 10.1. The number of hydrogen-bond donors (Lipinski definition) is 1. The molecule has 0 saturated carbocycles. The van der Waals surface area contributed by atoms with Gasteiger partial charge in [0.05, 0.1) is 21.9 Å². The van der Waals surface area contributed by atoms with Crippen LogP contribution in [-0.4, -0.2) is 52.5 Å². The van der Waals surface area contributed by atoms with Gasteiger partial charge in [-0.15, -0.1) is 11.8 Å². The first-order valence-corrected chi connectivity index (χ1v) is 17.8. The molecule has 0 aliphatic carbocycles. The highest BCUT2D eigenvalue weighted by Crippen LogP contribution is 2.38. The highest BCUT2D eigenvalue weighted by atomic mass is 32.2. The lowest BCUT2D eigenvalue weighted by molar-refractivity contribution is -0.0557. The molecule has 52 heavy (non-hydrogen) atoms. The summed E-state index contributed by atoms with van der Waals surface area (Å²) in [7, 11) is 0. The molecule has 0 aromatic heterocycles. The van der Waals surface area contributed by atoms with Gasteiger partial charge in [-0.2, -0.15) is 0 Å². The molecule has 0 bridgehead atoms. The summed E-state index contributed by atoms with van der Waals surface area (Å²) in [5.74, 6) is -1.93. The van der Waals surface area contributed by atoms with Gasteiger partial charge in [-0.3, -0.25) is 0 Å². The van der Waals surface area contributed by atoms with Crippen LogP contribution < -0.4 is 0 Å². The zero-order valence-corrected chi connectivity index (χ0v) is 28.7. The maximum Gasteiger partial charge on any atom is 0.338 e. The molecular formula is C44H34O7S. The lowest BCUT2D eigenvalue weighted by Crippen LogP contribution is -2.41. The number of benzene rings is 6. The summed E-state index contributed by atoms with van der Waals surface area (Å²) in [5, 5.41) is 10.4. The smallest absolute Gasteiger partial charge is 0.338 e. The standard InChI is InChI=1S/C44H34O7S/c45-41(35-22-16-32(17-23-35)29-10-4-1-5-11-29)49-28-38-39(50-42(46)36-24-18-33(19-25-36)30-12-6-2-7-13-30)40(44(48)52-38)51-43(47)37-26-20-34(21-27-37)31-14-8-3-9-15-31/h1-27,38-40,44,48H,28H2/t38-,39+,40+,44?/m1/s1. The lowest BCUT2D eigenvalue weighted by atomic mass is 10.0. The fourth-order valence-electron chi connectivity index (χ4n) is 6.02. The topological polar surface area (TPSA) is 99.1 Å². The van der Waals surface area contributed by atoms with Gasteiger partial charge in [-0.05, 0) is 69.8 Å². The molecule has 1 heterocycles. The molecule has 1 aliphatic heterocycles. The molecule has 0 radical (unpaired) electrons. The minimum atomic E-state index is -1.25. The molecule has 8 heteroatoms. The summed E-state index contributed by atoms with van der Waals surface area (Å²) in [6.07, 6.45) is -2.35. The van der Waals surface area contributed by atoms with Crippen LogP contribution in [0.25, 0.3) is 33.4 Å². The SMILES string of the molecule is O=C(OC[C@H]1SC(O)[C@@H](OC(=O)c2ccc(-c3ccccc3)cc2)[C@H]1OC(=O)c1ccc(-c2ccccc2)cc1)c1ccc(-c2ccccc2)cc1. The van der Waals surface area contributed by atoms with Crippen molar-refractivity contribution in [2.24, 2.45) is 0 Å². The molecule has 1 N–H and O–H groups in total. The predicted octanol–water partition coefficient (Wildman–Crippen LogP) is 8.73. The van der Waals surface area contributed by atoms with E-state index in [-0.39, 0.29) is 17.7 Å². The largest absolute Gasteiger partial charge is 0.461 e. The van der Waals surface area contributed by atoms with Crippen molar-refractivity contribution in [3.63, 3.8) is 0 Å². The Balaban J connectivity index is 1.07. The van der Waals surface area contributed by atoms with Crippen LogP contribution in [0.1, 0.15) is 31.1 Å². The zero-order valence-electron chi connectivity index (χ0n) is 27.9. The summed E-state index contributed by atoms with van der Waals surface area (Å²) >= 11 is 1.02. The number of thioether (sulfide) groups is 1. The van der Waals surface area contributed by atoms with Crippen molar-refractivity contribution in [3.05, 3.63) is 180 Å². The Morgan fingerprint density at radius 2 is 0.769 bits per heavy atom. The van der Waals surface area contributed by atoms with Gasteiger partial charge in [0.2, 0.25) is 0 Å². The molecule has 7 nitrogen and oxygen atoms in total. The van der Waals surface area contributed by atoms with Crippen molar-refractivity contribution in [1.82, 2.24) is 0 Å². The molecular weight excluding hydrogens is 673 g/mol. The highest BCUT2D eigenvalue weighted by molar-refractivity contribution is 8.00. The predicted molar refractivity (Wildman–Crippen MR) is 202 cm³/mol. The van der Waals surface area contributed by atoms with Crippen molar-refractivity contribution in [2.75, 3.05) is 6.61 Å². The van der Waals surface area contributed by atoms with Gasteiger partial charge in [-0.1, -0.05) is 127 Å². The number of rotatable bonds is 10.